The predicted octanol–water partition coefficient (Wildman–Crippen LogP) is 3.11. The number of nitrogens with zero attached hydrogens (tertiary/aromatic N) is 1. The Hall–Kier alpha value is -0.800. The Labute approximate surface area is 107 Å². The van der Waals surface area contributed by atoms with Crippen LogP contribution in [0.15, 0.2) is 12.3 Å². The van der Waals surface area contributed by atoms with E-state index in [1.165, 1.54) is 12.6 Å². The second kappa shape index (κ2) is 4.83. The van der Waals surface area contributed by atoms with E-state index < -0.39 is 5.60 Å². The molecule has 1 aromatic heterocycles. The maximum absolute atomic E-state index is 10.8. The van der Waals surface area contributed by atoms with Crippen molar-refractivity contribution in [2.75, 3.05) is 5.73 Å². The quantitative estimate of drug-likeness (QED) is 0.853. The molecule has 0 amide bonds. The van der Waals surface area contributed by atoms with Crippen molar-refractivity contribution in [3.8, 4) is 0 Å². The minimum atomic E-state index is -0.846. The summed E-state index contributed by atoms with van der Waals surface area (Å²) in [6.07, 6.45) is 6.33. The second-order valence-corrected chi connectivity index (χ2v) is 5.42. The highest BCUT2D eigenvalue weighted by molar-refractivity contribution is 6.30. The molecule has 1 aliphatic carbocycles. The van der Waals surface area contributed by atoms with Gasteiger partial charge in [-0.2, -0.15) is 0 Å². The van der Waals surface area contributed by atoms with Gasteiger partial charge >= 0.3 is 0 Å². The highest BCUT2D eigenvalue weighted by atomic mass is 35.5. The van der Waals surface area contributed by atoms with E-state index in [0.717, 1.165) is 25.7 Å². The summed E-state index contributed by atoms with van der Waals surface area (Å²) in [5.74, 6) is 0.959. The molecule has 2 rings (SSSR count). The smallest absolute Gasteiger partial charge is 0.129 e. The summed E-state index contributed by atoms with van der Waals surface area (Å²) in [7, 11) is 0. The van der Waals surface area contributed by atoms with Crippen LogP contribution in [0.4, 0.5) is 5.82 Å². The van der Waals surface area contributed by atoms with Crippen LogP contribution in [0.3, 0.4) is 0 Å². The average molecular weight is 255 g/mol. The summed E-state index contributed by atoms with van der Waals surface area (Å²) in [4.78, 5) is 4.04. The predicted molar refractivity (Wildman–Crippen MR) is 69.8 cm³/mol. The van der Waals surface area contributed by atoms with Gasteiger partial charge in [0, 0.05) is 11.8 Å². The van der Waals surface area contributed by atoms with Crippen LogP contribution in [0, 0.1) is 5.92 Å². The molecular weight excluding hydrogens is 236 g/mol. The van der Waals surface area contributed by atoms with E-state index in [-0.39, 0.29) is 0 Å². The number of pyridine rings is 1. The Bertz CT molecular complexity index is 410. The van der Waals surface area contributed by atoms with Crippen LogP contribution in [0.25, 0.3) is 0 Å². The van der Waals surface area contributed by atoms with E-state index >= 15 is 0 Å². The highest BCUT2D eigenvalue weighted by Crippen LogP contribution is 2.43. The van der Waals surface area contributed by atoms with Gasteiger partial charge in [0.05, 0.1) is 10.6 Å². The molecule has 1 saturated carbocycles. The van der Waals surface area contributed by atoms with Crippen molar-refractivity contribution in [3.63, 3.8) is 0 Å². The van der Waals surface area contributed by atoms with Gasteiger partial charge in [-0.1, -0.05) is 31.4 Å². The first-order valence-electron chi connectivity index (χ1n) is 6.19. The van der Waals surface area contributed by atoms with Crippen LogP contribution in [0.5, 0.6) is 0 Å². The summed E-state index contributed by atoms with van der Waals surface area (Å²) in [5, 5.41) is 11.3. The molecular formula is C13H19ClN2O. The van der Waals surface area contributed by atoms with Crippen LogP contribution >= 0.6 is 11.6 Å². The van der Waals surface area contributed by atoms with Gasteiger partial charge in [0.1, 0.15) is 5.82 Å². The normalized spacial score (nSPS) is 29.2. The molecule has 0 bridgehead atoms. The van der Waals surface area contributed by atoms with E-state index in [1.807, 2.05) is 0 Å². The number of nitrogens with two attached hydrogens (primary N) is 1. The Morgan fingerprint density at radius 3 is 3.12 bits per heavy atom. The third-order valence-corrected chi connectivity index (χ3v) is 4.00. The minimum Gasteiger partial charge on any atom is -0.385 e. The number of hydrogen-bond donors (Lipinski definition) is 2. The van der Waals surface area contributed by atoms with Gasteiger partial charge in [0.25, 0.3) is 0 Å². The van der Waals surface area contributed by atoms with Gasteiger partial charge < -0.3 is 10.8 Å². The van der Waals surface area contributed by atoms with E-state index in [0.29, 0.717) is 22.3 Å². The molecule has 1 aromatic rings. The molecule has 2 unspecified atom stereocenters. The molecule has 0 aliphatic heterocycles. The first kappa shape index (κ1) is 12.7. The molecule has 3 N–H and O–H groups in total. The summed E-state index contributed by atoms with van der Waals surface area (Å²) in [6.45, 7) is 2.16. The van der Waals surface area contributed by atoms with Crippen LogP contribution in [0.1, 0.15) is 44.6 Å². The lowest BCUT2D eigenvalue weighted by molar-refractivity contribution is -0.0212. The first-order chi connectivity index (χ1) is 8.05. The van der Waals surface area contributed by atoms with E-state index in [9.17, 15) is 5.11 Å². The molecule has 17 heavy (non-hydrogen) atoms. The van der Waals surface area contributed by atoms with Crippen LogP contribution in [-0.4, -0.2) is 10.1 Å². The fourth-order valence-electron chi connectivity index (χ4n) is 2.78. The molecule has 2 atom stereocenters. The number of anilines is 1. The molecule has 1 heterocycles. The zero-order valence-corrected chi connectivity index (χ0v) is 10.9. The number of aromatic nitrogens is 1. The molecule has 1 fully saturated rings. The van der Waals surface area contributed by atoms with Crippen molar-refractivity contribution < 1.29 is 5.11 Å². The van der Waals surface area contributed by atoms with Crippen LogP contribution in [0.2, 0.25) is 5.02 Å². The summed E-state index contributed by atoms with van der Waals surface area (Å²) in [6, 6.07) is 1.75. The number of nitrogen functional groups attached to an aromatic ring is 1. The molecule has 0 saturated heterocycles. The van der Waals surface area contributed by atoms with Gasteiger partial charge in [-0.05, 0) is 31.2 Å². The fourth-order valence-corrected chi connectivity index (χ4v) is 2.94. The maximum Gasteiger partial charge on any atom is 0.129 e. The number of halogens is 1. The van der Waals surface area contributed by atoms with Crippen molar-refractivity contribution in [2.45, 2.75) is 44.6 Å². The molecule has 0 aromatic carbocycles. The molecule has 0 spiro atoms. The minimum absolute atomic E-state index is 0.397. The van der Waals surface area contributed by atoms with Crippen LogP contribution < -0.4 is 5.73 Å². The molecule has 0 radical (unpaired) electrons. The molecule has 94 valence electrons. The topological polar surface area (TPSA) is 59.1 Å². The van der Waals surface area contributed by atoms with E-state index in [2.05, 4.69) is 11.9 Å². The highest BCUT2D eigenvalue weighted by Gasteiger charge is 2.37. The molecule has 3 nitrogen and oxygen atoms in total. The Morgan fingerprint density at radius 2 is 2.41 bits per heavy atom. The van der Waals surface area contributed by atoms with Crippen molar-refractivity contribution in [3.05, 3.63) is 22.8 Å². The molecule has 4 heteroatoms. The zero-order chi connectivity index (χ0) is 12.5. The Balaban J connectivity index is 2.33. The van der Waals surface area contributed by atoms with Crippen molar-refractivity contribution >= 4 is 17.4 Å². The van der Waals surface area contributed by atoms with Gasteiger partial charge in [0.2, 0.25) is 0 Å². The van der Waals surface area contributed by atoms with Gasteiger partial charge in [-0.15, -0.1) is 0 Å². The lowest BCUT2D eigenvalue weighted by Crippen LogP contribution is -2.33. The summed E-state index contributed by atoms with van der Waals surface area (Å²) < 4.78 is 0. The standard InChI is InChI=1S/C13H19ClN2O/c1-2-9-4-3-5-13(17,7-9)11-6-10(14)8-16-12(11)15/h6,8-9,17H,2-5,7H2,1H3,(H2,15,16). The lowest BCUT2D eigenvalue weighted by atomic mass is 9.73. The number of aliphatic hydroxyl groups is 1. The number of rotatable bonds is 2. The lowest BCUT2D eigenvalue weighted by Gasteiger charge is -2.37. The average Bonchev–Trinajstić information content (AvgIpc) is 2.32. The van der Waals surface area contributed by atoms with E-state index in [1.54, 1.807) is 6.07 Å². The van der Waals surface area contributed by atoms with Gasteiger partial charge in [-0.25, -0.2) is 4.98 Å². The largest absolute Gasteiger partial charge is 0.385 e. The Kier molecular flexibility index (Phi) is 3.59. The zero-order valence-electron chi connectivity index (χ0n) is 10.1. The second-order valence-electron chi connectivity index (χ2n) is 4.99. The van der Waals surface area contributed by atoms with Crippen LogP contribution in [-0.2, 0) is 5.60 Å². The third kappa shape index (κ3) is 2.55. The third-order valence-electron chi connectivity index (χ3n) is 3.79. The summed E-state index contributed by atoms with van der Waals surface area (Å²) in [5.41, 5.74) is 5.71. The molecule has 1 aliphatic rings. The SMILES string of the molecule is CCC1CCCC(O)(c2cc(Cl)cnc2N)C1. The van der Waals surface area contributed by atoms with E-state index in [4.69, 9.17) is 17.3 Å². The monoisotopic (exact) mass is 254 g/mol. The first-order valence-corrected chi connectivity index (χ1v) is 6.57. The van der Waals surface area contributed by atoms with Crippen molar-refractivity contribution in [1.29, 1.82) is 0 Å². The van der Waals surface area contributed by atoms with Gasteiger partial charge in [0.15, 0.2) is 0 Å². The maximum atomic E-state index is 10.8. The summed E-state index contributed by atoms with van der Waals surface area (Å²) >= 11 is 5.94. The number of hydrogen-bond acceptors (Lipinski definition) is 3. The van der Waals surface area contributed by atoms with Gasteiger partial charge in [-0.3, -0.25) is 0 Å². The van der Waals surface area contributed by atoms with Crippen molar-refractivity contribution in [2.24, 2.45) is 5.92 Å². The Morgan fingerprint density at radius 1 is 1.65 bits per heavy atom. The fraction of sp³-hybridized carbons (Fsp3) is 0.615. The van der Waals surface area contributed by atoms with Crippen molar-refractivity contribution in [1.82, 2.24) is 4.98 Å².